The number of carbonyl (C=O) groups excluding carboxylic acids is 1. The van der Waals surface area contributed by atoms with Gasteiger partial charge in [-0.15, -0.1) is 0 Å². The number of ether oxygens (including phenoxy) is 2. The van der Waals surface area contributed by atoms with Crippen molar-refractivity contribution in [2.45, 2.75) is 40.5 Å². The van der Waals surface area contributed by atoms with Crippen LogP contribution in [-0.2, 0) is 14.3 Å². The van der Waals surface area contributed by atoms with Crippen LogP contribution in [0.15, 0.2) is 23.7 Å². The van der Waals surface area contributed by atoms with Crippen molar-refractivity contribution in [1.82, 2.24) is 0 Å². The van der Waals surface area contributed by atoms with Gasteiger partial charge in [-0.05, 0) is 39.5 Å². The molecule has 1 rings (SSSR count). The SMILES string of the molecule is CC(C)=CCC(C)CC(C)(C=O)C1=COCO1. The summed E-state index contributed by atoms with van der Waals surface area (Å²) in [6.45, 7) is 8.45. The average molecular weight is 238 g/mol. The van der Waals surface area contributed by atoms with Crippen LogP contribution in [0.4, 0.5) is 0 Å². The first-order valence-electron chi connectivity index (χ1n) is 6.02. The molecule has 0 N–H and O–H groups in total. The van der Waals surface area contributed by atoms with Crippen LogP contribution in [0.25, 0.3) is 0 Å². The summed E-state index contributed by atoms with van der Waals surface area (Å²) in [4.78, 5) is 11.3. The molecular formula is C14H22O3. The lowest BCUT2D eigenvalue weighted by molar-refractivity contribution is -0.116. The normalized spacial score (nSPS) is 19.4. The highest BCUT2D eigenvalue weighted by molar-refractivity contribution is 5.63. The molecule has 0 saturated heterocycles. The summed E-state index contributed by atoms with van der Waals surface area (Å²) < 4.78 is 10.4. The van der Waals surface area contributed by atoms with Gasteiger partial charge in [0.05, 0.1) is 5.41 Å². The monoisotopic (exact) mass is 238 g/mol. The summed E-state index contributed by atoms with van der Waals surface area (Å²) in [6, 6.07) is 0. The lowest BCUT2D eigenvalue weighted by Crippen LogP contribution is -2.24. The van der Waals surface area contributed by atoms with Gasteiger partial charge >= 0.3 is 0 Å². The second-order valence-electron chi connectivity index (χ2n) is 5.27. The van der Waals surface area contributed by atoms with Crippen molar-refractivity contribution in [1.29, 1.82) is 0 Å². The third-order valence-electron chi connectivity index (χ3n) is 3.00. The Labute approximate surface area is 103 Å². The van der Waals surface area contributed by atoms with Crippen molar-refractivity contribution in [3.05, 3.63) is 23.7 Å². The van der Waals surface area contributed by atoms with E-state index in [9.17, 15) is 4.79 Å². The van der Waals surface area contributed by atoms with Crippen molar-refractivity contribution in [3.8, 4) is 0 Å². The summed E-state index contributed by atoms with van der Waals surface area (Å²) >= 11 is 0. The summed E-state index contributed by atoms with van der Waals surface area (Å²) in [5.41, 5.74) is 0.745. The standard InChI is InChI=1S/C14H22O3/c1-11(2)5-6-12(3)7-14(4,9-15)13-8-16-10-17-13/h5,8-9,12H,6-7,10H2,1-4H3. The number of carbonyl (C=O) groups is 1. The fourth-order valence-electron chi connectivity index (χ4n) is 1.99. The fraction of sp³-hybridized carbons (Fsp3) is 0.643. The highest BCUT2D eigenvalue weighted by Gasteiger charge is 2.34. The fourth-order valence-corrected chi connectivity index (χ4v) is 1.99. The summed E-state index contributed by atoms with van der Waals surface area (Å²) in [5, 5.41) is 0. The highest BCUT2D eigenvalue weighted by Crippen LogP contribution is 2.35. The Balaban J connectivity index is 2.62. The van der Waals surface area contributed by atoms with Crippen LogP contribution < -0.4 is 0 Å². The molecule has 96 valence electrons. The predicted octanol–water partition coefficient (Wildman–Crippen LogP) is 3.42. The van der Waals surface area contributed by atoms with Crippen LogP contribution in [0.2, 0.25) is 0 Å². The molecule has 0 saturated carbocycles. The predicted molar refractivity (Wildman–Crippen MR) is 67.1 cm³/mol. The van der Waals surface area contributed by atoms with E-state index >= 15 is 0 Å². The van der Waals surface area contributed by atoms with Crippen molar-refractivity contribution in [2.75, 3.05) is 6.79 Å². The zero-order valence-electron chi connectivity index (χ0n) is 11.2. The molecule has 0 aromatic carbocycles. The molecule has 0 aromatic heterocycles. The Morgan fingerprint density at radius 1 is 1.59 bits per heavy atom. The number of rotatable bonds is 6. The van der Waals surface area contributed by atoms with Gasteiger partial charge < -0.3 is 14.3 Å². The summed E-state index contributed by atoms with van der Waals surface area (Å²) in [5.74, 6) is 1.08. The first-order valence-corrected chi connectivity index (χ1v) is 6.02. The quantitative estimate of drug-likeness (QED) is 0.525. The van der Waals surface area contributed by atoms with E-state index in [0.717, 1.165) is 19.1 Å². The molecular weight excluding hydrogens is 216 g/mol. The van der Waals surface area contributed by atoms with Crippen molar-refractivity contribution < 1.29 is 14.3 Å². The van der Waals surface area contributed by atoms with Crippen LogP contribution in [0, 0.1) is 11.3 Å². The smallest absolute Gasteiger partial charge is 0.229 e. The Kier molecular flexibility index (Phi) is 4.79. The molecule has 0 amide bonds. The number of aldehydes is 1. The van der Waals surface area contributed by atoms with Crippen LogP contribution in [0.3, 0.4) is 0 Å². The molecule has 0 bridgehead atoms. The van der Waals surface area contributed by atoms with Crippen LogP contribution in [-0.4, -0.2) is 13.1 Å². The molecule has 1 heterocycles. The maximum Gasteiger partial charge on any atom is 0.229 e. The Bertz CT molecular complexity index is 326. The van der Waals surface area contributed by atoms with E-state index in [1.54, 1.807) is 6.26 Å². The second-order valence-corrected chi connectivity index (χ2v) is 5.27. The third kappa shape index (κ3) is 3.91. The van der Waals surface area contributed by atoms with E-state index in [1.807, 2.05) is 6.92 Å². The number of allylic oxidation sites excluding steroid dienone is 3. The zero-order chi connectivity index (χ0) is 12.9. The van der Waals surface area contributed by atoms with E-state index in [0.29, 0.717) is 11.7 Å². The molecule has 0 spiro atoms. The molecule has 0 radical (unpaired) electrons. The first kappa shape index (κ1) is 13.8. The van der Waals surface area contributed by atoms with Gasteiger partial charge in [0.25, 0.3) is 0 Å². The molecule has 1 aliphatic rings. The Morgan fingerprint density at radius 2 is 2.29 bits per heavy atom. The topological polar surface area (TPSA) is 35.5 Å². The molecule has 2 atom stereocenters. The Hall–Kier alpha value is -1.25. The molecule has 0 aliphatic carbocycles. The molecule has 17 heavy (non-hydrogen) atoms. The van der Waals surface area contributed by atoms with Gasteiger partial charge in [-0.2, -0.15) is 0 Å². The lowest BCUT2D eigenvalue weighted by Gasteiger charge is -2.25. The van der Waals surface area contributed by atoms with E-state index in [4.69, 9.17) is 9.47 Å². The molecule has 1 aliphatic heterocycles. The molecule has 0 aromatic rings. The van der Waals surface area contributed by atoms with E-state index in [-0.39, 0.29) is 6.79 Å². The zero-order valence-corrected chi connectivity index (χ0v) is 11.2. The molecule has 2 unspecified atom stereocenters. The van der Waals surface area contributed by atoms with Crippen molar-refractivity contribution in [2.24, 2.45) is 11.3 Å². The van der Waals surface area contributed by atoms with Gasteiger partial charge in [0.15, 0.2) is 0 Å². The lowest BCUT2D eigenvalue weighted by atomic mass is 9.80. The third-order valence-corrected chi connectivity index (χ3v) is 3.00. The minimum Gasteiger partial charge on any atom is -0.462 e. The molecule has 0 fully saturated rings. The van der Waals surface area contributed by atoms with Crippen LogP contribution in [0.1, 0.15) is 40.5 Å². The van der Waals surface area contributed by atoms with Crippen LogP contribution in [0.5, 0.6) is 0 Å². The molecule has 3 heteroatoms. The van der Waals surface area contributed by atoms with E-state index in [1.165, 1.54) is 5.57 Å². The van der Waals surface area contributed by atoms with Gasteiger partial charge in [0.2, 0.25) is 6.79 Å². The summed E-state index contributed by atoms with van der Waals surface area (Å²) in [7, 11) is 0. The van der Waals surface area contributed by atoms with Gasteiger partial charge in [0.1, 0.15) is 18.3 Å². The largest absolute Gasteiger partial charge is 0.462 e. The minimum atomic E-state index is -0.564. The maximum absolute atomic E-state index is 11.3. The van der Waals surface area contributed by atoms with E-state index < -0.39 is 5.41 Å². The van der Waals surface area contributed by atoms with Crippen molar-refractivity contribution >= 4 is 6.29 Å². The summed E-state index contributed by atoms with van der Waals surface area (Å²) in [6.07, 6.45) is 6.49. The highest BCUT2D eigenvalue weighted by atomic mass is 16.7. The minimum absolute atomic E-state index is 0.223. The van der Waals surface area contributed by atoms with Gasteiger partial charge in [-0.3, -0.25) is 0 Å². The first-order chi connectivity index (χ1) is 7.98. The van der Waals surface area contributed by atoms with Crippen LogP contribution >= 0.6 is 0 Å². The van der Waals surface area contributed by atoms with Gasteiger partial charge in [-0.25, -0.2) is 0 Å². The maximum atomic E-state index is 11.3. The number of hydrogen-bond acceptors (Lipinski definition) is 3. The van der Waals surface area contributed by atoms with Gasteiger partial charge in [0, 0.05) is 0 Å². The second kappa shape index (κ2) is 5.89. The average Bonchev–Trinajstić information content (AvgIpc) is 2.80. The molecule has 3 nitrogen and oxygen atoms in total. The van der Waals surface area contributed by atoms with E-state index in [2.05, 4.69) is 26.8 Å². The number of hydrogen-bond donors (Lipinski definition) is 0. The van der Waals surface area contributed by atoms with Crippen molar-refractivity contribution in [3.63, 3.8) is 0 Å². The Morgan fingerprint density at radius 3 is 2.76 bits per heavy atom. The van der Waals surface area contributed by atoms with Gasteiger partial charge in [-0.1, -0.05) is 18.6 Å².